The van der Waals surface area contributed by atoms with Gasteiger partial charge in [-0.1, -0.05) is 43.0 Å². The van der Waals surface area contributed by atoms with Crippen molar-refractivity contribution in [1.29, 1.82) is 0 Å². The van der Waals surface area contributed by atoms with Crippen molar-refractivity contribution in [2.75, 3.05) is 0 Å². The summed E-state index contributed by atoms with van der Waals surface area (Å²) in [5, 5.41) is 0. The molecule has 0 aliphatic heterocycles. The van der Waals surface area contributed by atoms with Gasteiger partial charge in [0.15, 0.2) is 0 Å². The molecule has 1 radical (unpaired) electrons. The van der Waals surface area contributed by atoms with Crippen LogP contribution in [0.3, 0.4) is 0 Å². The highest BCUT2D eigenvalue weighted by Gasteiger charge is 2.06. The Balaban J connectivity index is 2.61. The van der Waals surface area contributed by atoms with Crippen LogP contribution in [0.25, 0.3) is 0 Å². The van der Waals surface area contributed by atoms with Crippen molar-refractivity contribution in [2.45, 2.75) is 0 Å². The Hall–Kier alpha value is -0.429. The summed E-state index contributed by atoms with van der Waals surface area (Å²) in [4.78, 5) is 0. The van der Waals surface area contributed by atoms with Crippen LogP contribution in [0.1, 0.15) is 5.56 Å². The number of benzene rings is 1. The van der Waals surface area contributed by atoms with Gasteiger partial charge in [-0.25, -0.2) is 0 Å². The van der Waals surface area contributed by atoms with Gasteiger partial charge in [0.2, 0.25) is 0 Å². The van der Waals surface area contributed by atoms with Gasteiger partial charge in [0.1, 0.15) is 15.4 Å². The van der Waals surface area contributed by atoms with E-state index in [0.29, 0.717) is 0 Å². The largest absolute Gasteiger partial charge is 0.412 e. The molecule has 1 aromatic carbocycles. The van der Waals surface area contributed by atoms with Crippen LogP contribution in [0.5, 0.6) is 0 Å². The molecule has 0 N–H and O–H groups in total. The lowest BCUT2D eigenvalue weighted by Crippen LogP contribution is -2.12. The molecule has 0 saturated heterocycles. The summed E-state index contributed by atoms with van der Waals surface area (Å²) >= 11 is 0. The second-order valence-electron chi connectivity index (χ2n) is 2.78. The van der Waals surface area contributed by atoms with Crippen molar-refractivity contribution in [3.63, 3.8) is 0 Å². The van der Waals surface area contributed by atoms with E-state index in [4.69, 9.17) is 4.43 Å². The van der Waals surface area contributed by atoms with Gasteiger partial charge in [-0.2, -0.15) is 0 Å². The summed E-state index contributed by atoms with van der Waals surface area (Å²) in [6.07, 6.45) is 2.81. The normalized spacial score (nSPS) is 12.4. The van der Waals surface area contributed by atoms with Crippen LogP contribution < -0.4 is 0 Å². The Morgan fingerprint density at radius 3 is 2.62 bits per heavy atom. The van der Waals surface area contributed by atoms with Crippen LogP contribution in [0.15, 0.2) is 43.0 Å². The third-order valence-electron chi connectivity index (χ3n) is 1.71. The molecular weight excluding hydrogens is 208 g/mol. The standard InChI is InChI=1S/C9H15OSi3/c1-2-9(10-12-13-11)8-6-4-3-5-7-8/h2-7H,1,12-13H2,11H3. The van der Waals surface area contributed by atoms with E-state index in [1.807, 2.05) is 24.3 Å². The zero-order valence-electron chi connectivity index (χ0n) is 7.99. The lowest BCUT2D eigenvalue weighted by molar-refractivity contribution is 0.415. The van der Waals surface area contributed by atoms with Crippen molar-refractivity contribution < 1.29 is 4.43 Å². The Kier molecular flexibility index (Phi) is 4.99. The molecule has 13 heavy (non-hydrogen) atoms. The number of rotatable bonds is 5. The van der Waals surface area contributed by atoms with Gasteiger partial charge in [-0.05, 0) is 15.3 Å². The zero-order valence-corrected chi connectivity index (χ0v) is 12.8. The smallest absolute Gasteiger partial charge is 0.141 e. The molecule has 0 spiro atoms. The molecule has 0 atom stereocenters. The summed E-state index contributed by atoms with van der Waals surface area (Å²) in [5.74, 6) is 0. The summed E-state index contributed by atoms with van der Waals surface area (Å²) in [6.45, 7) is 3.78. The number of hydrogen-bond donors (Lipinski definition) is 0. The summed E-state index contributed by atoms with van der Waals surface area (Å²) in [5.41, 5.74) is 1.16. The molecule has 0 unspecified atom stereocenters. The fourth-order valence-corrected chi connectivity index (χ4v) is 4.89. The van der Waals surface area contributed by atoms with Gasteiger partial charge < -0.3 is 4.43 Å². The maximum Gasteiger partial charge on any atom is 0.141 e. The van der Waals surface area contributed by atoms with Gasteiger partial charge in [-0.3, -0.25) is 0 Å². The summed E-state index contributed by atoms with van der Waals surface area (Å²) < 4.78 is 5.76. The molecule has 69 valence electrons. The minimum atomic E-state index is -0.188. The molecule has 1 rings (SSSR count). The molecular formula is C9H15OSi3. The topological polar surface area (TPSA) is 9.23 Å². The first-order valence-corrected chi connectivity index (χ1v) is 14.8. The van der Waals surface area contributed by atoms with Gasteiger partial charge in [-0.15, -0.1) is 0 Å². The van der Waals surface area contributed by atoms with Crippen LogP contribution in [0.2, 0.25) is 0 Å². The molecule has 0 fully saturated rings. The molecule has 0 bridgehead atoms. The van der Waals surface area contributed by atoms with Crippen LogP contribution in [-0.4, -0.2) is 27.6 Å². The fourth-order valence-electron chi connectivity index (χ4n) is 1.07. The quantitative estimate of drug-likeness (QED) is 0.595. The lowest BCUT2D eigenvalue weighted by atomic mass is 10.1. The van der Waals surface area contributed by atoms with Crippen molar-refractivity contribution in [3.05, 3.63) is 54.7 Å². The predicted octanol–water partition coefficient (Wildman–Crippen LogP) is -0.783. The predicted molar refractivity (Wildman–Crippen MR) is 67.1 cm³/mol. The highest BCUT2D eigenvalue weighted by molar-refractivity contribution is 7.22. The monoisotopic (exact) mass is 223 g/mol. The average Bonchev–Trinajstić information content (AvgIpc) is 2.21. The van der Waals surface area contributed by atoms with Crippen molar-refractivity contribution in [2.24, 2.45) is 0 Å². The average molecular weight is 223 g/mol. The van der Waals surface area contributed by atoms with E-state index < -0.39 is 0 Å². The molecule has 0 aliphatic carbocycles. The molecule has 0 aliphatic rings. The second-order valence-corrected chi connectivity index (χ2v) is 17.7. The Labute approximate surface area is 87.0 Å². The van der Waals surface area contributed by atoms with E-state index in [1.165, 1.54) is 9.76 Å². The van der Waals surface area contributed by atoms with Crippen LogP contribution >= 0.6 is 0 Å². The van der Waals surface area contributed by atoms with E-state index in [9.17, 15) is 0 Å². The highest BCUT2D eigenvalue weighted by Crippen LogP contribution is 2.15. The molecule has 1 aromatic rings. The van der Waals surface area contributed by atoms with E-state index in [0.717, 1.165) is 11.7 Å². The van der Waals surface area contributed by atoms with Crippen LogP contribution in [0.4, 0.5) is 0 Å². The van der Waals surface area contributed by atoms with E-state index in [2.05, 4.69) is 18.7 Å². The SMILES string of the molecule is C=C[C](O[SiH2][SiH2][SiH3])c1ccccc1. The fraction of sp³-hybridized carbons (Fsp3) is 0. The molecule has 0 heterocycles. The zero-order chi connectivity index (χ0) is 9.52. The lowest BCUT2D eigenvalue weighted by Gasteiger charge is -2.11. The first-order chi connectivity index (χ1) is 6.38. The minimum Gasteiger partial charge on any atom is -0.412 e. The Bertz CT molecular complexity index is 250. The van der Waals surface area contributed by atoms with E-state index >= 15 is 0 Å². The van der Waals surface area contributed by atoms with E-state index in [1.54, 1.807) is 0 Å². The first-order valence-electron chi connectivity index (χ1n) is 4.56. The van der Waals surface area contributed by atoms with Crippen LogP contribution in [-0.2, 0) is 4.43 Å². The molecule has 4 heteroatoms. The minimum absolute atomic E-state index is 0.188. The molecule has 0 saturated carbocycles. The van der Waals surface area contributed by atoms with Crippen LogP contribution in [0, 0.1) is 6.10 Å². The molecule has 0 aromatic heterocycles. The van der Waals surface area contributed by atoms with Crippen molar-refractivity contribution in [3.8, 4) is 0 Å². The summed E-state index contributed by atoms with van der Waals surface area (Å²) in [7, 11) is 1.44. The van der Waals surface area contributed by atoms with E-state index in [-0.39, 0.29) is 17.8 Å². The maximum absolute atomic E-state index is 5.76. The first kappa shape index (κ1) is 10.7. The van der Waals surface area contributed by atoms with Crippen molar-refractivity contribution in [1.82, 2.24) is 0 Å². The third-order valence-corrected chi connectivity index (χ3v) is 8.14. The van der Waals surface area contributed by atoms with Gasteiger partial charge >= 0.3 is 0 Å². The van der Waals surface area contributed by atoms with Gasteiger partial charge in [0.05, 0.1) is 0 Å². The number of hydrogen-bond acceptors (Lipinski definition) is 1. The maximum atomic E-state index is 5.76. The van der Waals surface area contributed by atoms with Gasteiger partial charge in [0, 0.05) is 8.55 Å². The highest BCUT2D eigenvalue weighted by atomic mass is 29.5. The van der Waals surface area contributed by atoms with Crippen molar-refractivity contribution >= 4 is 27.6 Å². The summed E-state index contributed by atoms with van der Waals surface area (Å²) in [6, 6.07) is 10.2. The second kappa shape index (κ2) is 6.09. The van der Waals surface area contributed by atoms with Gasteiger partial charge in [0.25, 0.3) is 0 Å². The molecule has 1 nitrogen and oxygen atoms in total. The Morgan fingerprint density at radius 2 is 2.08 bits per heavy atom. The third kappa shape index (κ3) is 3.43. The molecule has 0 amide bonds. The Morgan fingerprint density at radius 1 is 1.38 bits per heavy atom.